The summed E-state index contributed by atoms with van der Waals surface area (Å²) in [5.41, 5.74) is 6.44. The smallest absolute Gasteiger partial charge is 0.394 e. The third kappa shape index (κ3) is 3.62. The quantitative estimate of drug-likeness (QED) is 0.351. The molecule has 0 radical (unpaired) electrons. The number of phosphoric acid groups is 1. The molecule has 2 aromatic heterocycles. The van der Waals surface area contributed by atoms with Crippen molar-refractivity contribution >= 4 is 24.8 Å². The maximum Gasteiger partial charge on any atom is 0.470 e. The van der Waals surface area contributed by atoms with E-state index in [4.69, 9.17) is 19.7 Å². The van der Waals surface area contributed by atoms with Gasteiger partial charge in [0.15, 0.2) is 17.7 Å². The van der Waals surface area contributed by atoms with E-state index < -0.39 is 39.0 Å². The Kier molecular flexibility index (Phi) is 5.34. The second kappa shape index (κ2) is 7.37. The zero-order chi connectivity index (χ0) is 18.9. The second-order valence-electron chi connectivity index (χ2n) is 5.48. The molecule has 5 N–H and O–H groups in total. The fraction of sp³-hybridized carbons (Fsp3) is 0.462. The van der Waals surface area contributed by atoms with Gasteiger partial charge in [-0.3, -0.25) is 9.09 Å². The van der Waals surface area contributed by atoms with Gasteiger partial charge in [-0.15, -0.1) is 6.58 Å². The summed E-state index contributed by atoms with van der Waals surface area (Å²) in [6.07, 6.45) is -0.0867. The van der Waals surface area contributed by atoms with Gasteiger partial charge in [0.05, 0.1) is 19.5 Å². The molecule has 4 atom stereocenters. The van der Waals surface area contributed by atoms with Crippen molar-refractivity contribution in [2.75, 3.05) is 18.9 Å². The van der Waals surface area contributed by atoms with Gasteiger partial charge in [0, 0.05) is 0 Å². The van der Waals surface area contributed by atoms with E-state index in [1.165, 1.54) is 23.3 Å². The molecular weight excluding hydrogens is 369 g/mol. The van der Waals surface area contributed by atoms with Gasteiger partial charge in [-0.2, -0.15) is 0 Å². The standard InChI is InChI=1S/C13H18N5O7P/c1-2-3-23-10-9(25-26(20,21)22)7(4-19)24-13(10)18-6-17-8-11(14)15-5-16-12(8)18/h2,5-7,9-10,13,19H,1,3-4H2,(H2,14,15,16)(H2,20,21,22)/t7-,9-,10-,13-/m1/s1. The predicted molar refractivity (Wildman–Crippen MR) is 87.6 cm³/mol. The highest BCUT2D eigenvalue weighted by atomic mass is 31.2. The van der Waals surface area contributed by atoms with Crippen molar-refractivity contribution in [3.8, 4) is 0 Å². The van der Waals surface area contributed by atoms with Crippen molar-refractivity contribution in [2.24, 2.45) is 0 Å². The molecule has 1 aliphatic rings. The third-order valence-corrected chi connectivity index (χ3v) is 4.31. The highest BCUT2D eigenvalue weighted by molar-refractivity contribution is 7.46. The van der Waals surface area contributed by atoms with Crippen LogP contribution in [0.2, 0.25) is 0 Å². The lowest BCUT2D eigenvalue weighted by Gasteiger charge is -2.24. The van der Waals surface area contributed by atoms with E-state index in [9.17, 15) is 19.5 Å². The zero-order valence-electron chi connectivity index (χ0n) is 13.5. The Morgan fingerprint density at radius 2 is 2.15 bits per heavy atom. The van der Waals surface area contributed by atoms with E-state index in [1.54, 1.807) is 0 Å². The fourth-order valence-corrected chi connectivity index (χ4v) is 3.35. The molecular formula is C13H18N5O7P. The molecule has 26 heavy (non-hydrogen) atoms. The average molecular weight is 387 g/mol. The van der Waals surface area contributed by atoms with Gasteiger partial charge >= 0.3 is 7.82 Å². The van der Waals surface area contributed by atoms with Gasteiger partial charge in [-0.25, -0.2) is 19.5 Å². The van der Waals surface area contributed by atoms with Crippen LogP contribution < -0.4 is 5.73 Å². The zero-order valence-corrected chi connectivity index (χ0v) is 14.3. The minimum Gasteiger partial charge on any atom is -0.394 e. The SMILES string of the molecule is C=CCO[C@@H]1[C@H](OP(=O)(O)O)[C@@H](CO)O[C@H]1n1cnc2c(N)ncnc21. The number of rotatable bonds is 7. The lowest BCUT2D eigenvalue weighted by atomic mass is 10.1. The molecule has 0 spiro atoms. The van der Waals surface area contributed by atoms with Crippen LogP contribution in [0.5, 0.6) is 0 Å². The van der Waals surface area contributed by atoms with E-state index in [2.05, 4.69) is 21.5 Å². The van der Waals surface area contributed by atoms with Crippen LogP contribution in [0.3, 0.4) is 0 Å². The Labute approximate surface area is 147 Å². The van der Waals surface area contributed by atoms with Gasteiger partial charge in [-0.05, 0) is 0 Å². The minimum atomic E-state index is -4.86. The number of hydrogen-bond acceptors (Lipinski definition) is 9. The van der Waals surface area contributed by atoms with Crippen molar-refractivity contribution in [2.45, 2.75) is 24.5 Å². The van der Waals surface area contributed by atoms with Crippen LogP contribution in [0, 0.1) is 0 Å². The Bertz CT molecular complexity index is 839. The summed E-state index contributed by atoms with van der Waals surface area (Å²) in [6, 6.07) is 0. The first-order valence-electron chi connectivity index (χ1n) is 7.51. The molecule has 0 aliphatic carbocycles. The minimum absolute atomic E-state index is 0.0629. The molecule has 1 aliphatic heterocycles. The van der Waals surface area contributed by atoms with Crippen molar-refractivity contribution in [3.05, 3.63) is 25.3 Å². The Morgan fingerprint density at radius 3 is 2.81 bits per heavy atom. The number of imidazole rings is 1. The van der Waals surface area contributed by atoms with Crippen molar-refractivity contribution in [1.82, 2.24) is 19.5 Å². The summed E-state index contributed by atoms with van der Waals surface area (Å²) in [7, 11) is -4.86. The monoisotopic (exact) mass is 387 g/mol. The Morgan fingerprint density at radius 1 is 1.38 bits per heavy atom. The number of nitrogens with two attached hydrogens (primary N) is 1. The van der Waals surface area contributed by atoms with Crippen LogP contribution in [0.25, 0.3) is 11.2 Å². The molecule has 142 valence electrons. The molecule has 13 heteroatoms. The van der Waals surface area contributed by atoms with Crippen LogP contribution >= 0.6 is 7.82 Å². The molecule has 0 aromatic carbocycles. The summed E-state index contributed by atoms with van der Waals surface area (Å²) >= 11 is 0. The van der Waals surface area contributed by atoms with Gasteiger partial charge in [0.1, 0.15) is 30.2 Å². The maximum absolute atomic E-state index is 11.3. The largest absolute Gasteiger partial charge is 0.470 e. The van der Waals surface area contributed by atoms with E-state index in [0.717, 1.165) is 0 Å². The number of aliphatic hydroxyl groups is 1. The number of phosphoric ester groups is 1. The number of fused-ring (bicyclic) bond motifs is 1. The molecule has 0 bridgehead atoms. The summed E-state index contributed by atoms with van der Waals surface area (Å²) < 4.78 is 28.9. The first-order valence-corrected chi connectivity index (χ1v) is 9.04. The van der Waals surface area contributed by atoms with Crippen LogP contribution in [0.4, 0.5) is 5.82 Å². The van der Waals surface area contributed by atoms with E-state index in [0.29, 0.717) is 11.2 Å². The number of nitrogens with zero attached hydrogens (tertiary/aromatic N) is 4. The summed E-state index contributed by atoms with van der Waals surface area (Å²) in [5.74, 6) is 0.164. The molecule has 3 heterocycles. The predicted octanol–water partition coefficient (Wildman–Crippen LogP) is -0.653. The average Bonchev–Trinajstić information content (AvgIpc) is 3.14. The van der Waals surface area contributed by atoms with Crippen molar-refractivity contribution in [3.63, 3.8) is 0 Å². The number of aromatic nitrogens is 4. The number of hydrogen-bond donors (Lipinski definition) is 4. The molecule has 1 fully saturated rings. The first kappa shape index (κ1) is 18.9. The van der Waals surface area contributed by atoms with Crippen molar-refractivity contribution in [1.29, 1.82) is 0 Å². The number of nitrogen functional groups attached to an aromatic ring is 1. The van der Waals surface area contributed by atoms with Crippen LogP contribution in [0.15, 0.2) is 25.3 Å². The van der Waals surface area contributed by atoms with Gasteiger partial charge in [0.25, 0.3) is 0 Å². The van der Waals surface area contributed by atoms with Gasteiger partial charge < -0.3 is 30.1 Å². The molecule has 0 unspecified atom stereocenters. The first-order chi connectivity index (χ1) is 12.4. The second-order valence-corrected chi connectivity index (χ2v) is 6.67. The molecule has 0 amide bonds. The summed E-state index contributed by atoms with van der Waals surface area (Å²) in [5, 5.41) is 9.54. The fourth-order valence-electron chi connectivity index (χ4n) is 2.78. The lowest BCUT2D eigenvalue weighted by Crippen LogP contribution is -2.37. The highest BCUT2D eigenvalue weighted by Crippen LogP contribution is 2.45. The van der Waals surface area contributed by atoms with Crippen molar-refractivity contribution < 1.29 is 33.5 Å². The molecule has 2 aromatic rings. The van der Waals surface area contributed by atoms with Crippen LogP contribution in [0.1, 0.15) is 6.23 Å². The summed E-state index contributed by atoms with van der Waals surface area (Å²) in [6.45, 7) is 3.06. The van der Waals surface area contributed by atoms with E-state index in [-0.39, 0.29) is 12.4 Å². The van der Waals surface area contributed by atoms with Crippen LogP contribution in [-0.4, -0.2) is 65.9 Å². The topological polar surface area (TPSA) is 175 Å². The van der Waals surface area contributed by atoms with E-state index >= 15 is 0 Å². The Balaban J connectivity index is 2.01. The van der Waals surface area contributed by atoms with Crippen LogP contribution in [-0.2, 0) is 18.6 Å². The van der Waals surface area contributed by atoms with Gasteiger partial charge in [-0.1, -0.05) is 6.08 Å². The number of ether oxygens (including phenoxy) is 2. The Hall–Kier alpha value is -1.92. The lowest BCUT2D eigenvalue weighted by molar-refractivity contribution is -0.0644. The molecule has 12 nitrogen and oxygen atoms in total. The highest BCUT2D eigenvalue weighted by Gasteiger charge is 2.50. The van der Waals surface area contributed by atoms with Gasteiger partial charge in [0.2, 0.25) is 0 Å². The molecule has 0 saturated carbocycles. The molecule has 1 saturated heterocycles. The summed E-state index contributed by atoms with van der Waals surface area (Å²) in [4.78, 5) is 30.4. The molecule has 3 rings (SSSR count). The maximum atomic E-state index is 11.3. The van der Waals surface area contributed by atoms with E-state index in [1.807, 2.05) is 0 Å². The number of anilines is 1. The third-order valence-electron chi connectivity index (χ3n) is 3.79. The number of aliphatic hydroxyl groups excluding tert-OH is 1. The normalized spacial score (nSPS) is 26.4.